The Morgan fingerprint density at radius 1 is 1.30 bits per heavy atom. The standard InChI is InChI=1S/C11H14FN3O4S/c12-10-8-9(2-3-11(10)15(16)17)20(18,19)14-6-1-4-13-5-7-14/h2-3,8,13H,1,4-7H2. The van der Waals surface area contributed by atoms with E-state index in [1.807, 2.05) is 0 Å². The third kappa shape index (κ3) is 2.94. The molecule has 20 heavy (non-hydrogen) atoms. The van der Waals surface area contributed by atoms with Gasteiger partial charge in [-0.1, -0.05) is 0 Å². The largest absolute Gasteiger partial charge is 0.315 e. The number of nitrogens with one attached hydrogen (secondary N) is 1. The Hall–Kier alpha value is -1.58. The van der Waals surface area contributed by atoms with Crippen molar-refractivity contribution in [3.8, 4) is 0 Å². The number of benzene rings is 1. The molecule has 0 radical (unpaired) electrons. The van der Waals surface area contributed by atoms with Crippen LogP contribution in [0.5, 0.6) is 0 Å². The molecule has 0 aliphatic carbocycles. The van der Waals surface area contributed by atoms with E-state index in [0.717, 1.165) is 18.7 Å². The number of nitro benzene ring substituents is 1. The van der Waals surface area contributed by atoms with Gasteiger partial charge in [-0.05, 0) is 19.0 Å². The molecule has 7 nitrogen and oxygen atoms in total. The molecule has 0 saturated carbocycles. The van der Waals surface area contributed by atoms with Gasteiger partial charge in [0, 0.05) is 31.8 Å². The molecule has 1 N–H and O–H groups in total. The van der Waals surface area contributed by atoms with Crippen LogP contribution in [0.1, 0.15) is 6.42 Å². The predicted octanol–water partition coefficient (Wildman–Crippen LogP) is 0.718. The number of rotatable bonds is 3. The van der Waals surface area contributed by atoms with E-state index in [0.29, 0.717) is 32.1 Å². The van der Waals surface area contributed by atoms with Crippen LogP contribution in [-0.4, -0.2) is 43.8 Å². The first kappa shape index (κ1) is 14.8. The fourth-order valence-electron chi connectivity index (χ4n) is 2.01. The second-order valence-corrected chi connectivity index (χ2v) is 6.32. The van der Waals surface area contributed by atoms with E-state index in [9.17, 15) is 22.9 Å². The zero-order chi connectivity index (χ0) is 14.8. The summed E-state index contributed by atoms with van der Waals surface area (Å²) in [6.45, 7) is 1.88. The maximum atomic E-state index is 13.5. The summed E-state index contributed by atoms with van der Waals surface area (Å²) in [6.07, 6.45) is 0.661. The summed E-state index contributed by atoms with van der Waals surface area (Å²) in [5, 5.41) is 13.6. The highest BCUT2D eigenvalue weighted by Gasteiger charge is 2.27. The van der Waals surface area contributed by atoms with Crippen LogP contribution in [0, 0.1) is 15.9 Å². The zero-order valence-corrected chi connectivity index (χ0v) is 11.4. The molecule has 1 aliphatic rings. The van der Waals surface area contributed by atoms with Crippen LogP contribution in [0.4, 0.5) is 10.1 Å². The lowest BCUT2D eigenvalue weighted by atomic mass is 10.3. The van der Waals surface area contributed by atoms with Crippen molar-refractivity contribution in [2.75, 3.05) is 26.2 Å². The summed E-state index contributed by atoms with van der Waals surface area (Å²) < 4.78 is 39.5. The van der Waals surface area contributed by atoms with Crippen molar-refractivity contribution in [2.24, 2.45) is 0 Å². The van der Waals surface area contributed by atoms with Gasteiger partial charge in [0.05, 0.1) is 9.82 Å². The van der Waals surface area contributed by atoms with Crippen molar-refractivity contribution in [2.45, 2.75) is 11.3 Å². The monoisotopic (exact) mass is 303 g/mol. The molecule has 1 fully saturated rings. The average molecular weight is 303 g/mol. The molecule has 2 rings (SSSR count). The van der Waals surface area contributed by atoms with E-state index in [1.165, 1.54) is 4.31 Å². The van der Waals surface area contributed by atoms with Gasteiger partial charge in [0.15, 0.2) is 0 Å². The SMILES string of the molecule is O=[N+]([O-])c1ccc(S(=O)(=O)N2CCCNCC2)cc1F. The van der Waals surface area contributed by atoms with E-state index in [1.54, 1.807) is 0 Å². The highest BCUT2D eigenvalue weighted by atomic mass is 32.2. The van der Waals surface area contributed by atoms with Gasteiger partial charge in [-0.2, -0.15) is 8.70 Å². The van der Waals surface area contributed by atoms with Crippen LogP contribution in [-0.2, 0) is 10.0 Å². The lowest BCUT2D eigenvalue weighted by Gasteiger charge is -2.19. The Labute approximate surface area is 115 Å². The number of nitrogens with zero attached hydrogens (tertiary/aromatic N) is 2. The number of halogens is 1. The first-order valence-electron chi connectivity index (χ1n) is 6.08. The third-order valence-corrected chi connectivity index (χ3v) is 4.95. The van der Waals surface area contributed by atoms with Crippen LogP contribution < -0.4 is 5.32 Å². The topological polar surface area (TPSA) is 92.5 Å². The van der Waals surface area contributed by atoms with Gasteiger partial charge >= 0.3 is 5.69 Å². The van der Waals surface area contributed by atoms with Gasteiger partial charge in [-0.15, -0.1) is 0 Å². The molecule has 1 aromatic rings. The Morgan fingerprint density at radius 2 is 2.05 bits per heavy atom. The minimum atomic E-state index is -3.82. The van der Waals surface area contributed by atoms with Crippen molar-refractivity contribution in [1.82, 2.24) is 9.62 Å². The molecule has 0 unspecified atom stereocenters. The Bertz CT molecular complexity index is 612. The van der Waals surface area contributed by atoms with E-state index < -0.39 is 26.5 Å². The van der Waals surface area contributed by atoms with E-state index in [4.69, 9.17) is 0 Å². The molecule has 0 atom stereocenters. The van der Waals surface area contributed by atoms with Gasteiger partial charge in [-0.3, -0.25) is 10.1 Å². The van der Waals surface area contributed by atoms with Gasteiger partial charge in [-0.25, -0.2) is 8.42 Å². The third-order valence-electron chi connectivity index (χ3n) is 3.05. The average Bonchev–Trinajstić information content (AvgIpc) is 2.67. The first-order chi connectivity index (χ1) is 9.43. The molecule has 1 aromatic carbocycles. The van der Waals surface area contributed by atoms with E-state index >= 15 is 0 Å². The quantitative estimate of drug-likeness (QED) is 0.656. The fraction of sp³-hybridized carbons (Fsp3) is 0.455. The van der Waals surface area contributed by atoms with E-state index in [-0.39, 0.29) is 4.90 Å². The number of hydrogen-bond acceptors (Lipinski definition) is 5. The summed E-state index contributed by atoms with van der Waals surface area (Å²) in [4.78, 5) is 9.38. The predicted molar refractivity (Wildman–Crippen MR) is 69.3 cm³/mol. The molecular formula is C11H14FN3O4S. The minimum Gasteiger partial charge on any atom is -0.315 e. The maximum absolute atomic E-state index is 13.5. The smallest absolute Gasteiger partial charge is 0.304 e. The van der Waals surface area contributed by atoms with Crippen molar-refractivity contribution in [1.29, 1.82) is 0 Å². The second kappa shape index (κ2) is 5.81. The number of hydrogen-bond donors (Lipinski definition) is 1. The number of sulfonamides is 1. The Balaban J connectivity index is 2.34. The molecule has 1 heterocycles. The highest BCUT2D eigenvalue weighted by molar-refractivity contribution is 7.89. The highest BCUT2D eigenvalue weighted by Crippen LogP contribution is 2.23. The normalized spacial score (nSPS) is 17.6. The van der Waals surface area contributed by atoms with Crippen LogP contribution in [0.2, 0.25) is 0 Å². The van der Waals surface area contributed by atoms with Gasteiger partial charge in [0.2, 0.25) is 15.8 Å². The molecule has 1 aliphatic heterocycles. The molecule has 0 spiro atoms. The second-order valence-electron chi connectivity index (χ2n) is 4.38. The summed E-state index contributed by atoms with van der Waals surface area (Å²) in [5.74, 6) is -1.15. The molecule has 0 amide bonds. The minimum absolute atomic E-state index is 0.262. The van der Waals surface area contributed by atoms with Crippen LogP contribution in [0.3, 0.4) is 0 Å². The van der Waals surface area contributed by atoms with Gasteiger partial charge < -0.3 is 5.32 Å². The summed E-state index contributed by atoms with van der Waals surface area (Å²) in [7, 11) is -3.82. The van der Waals surface area contributed by atoms with Crippen molar-refractivity contribution in [3.05, 3.63) is 34.1 Å². The van der Waals surface area contributed by atoms with Gasteiger partial charge in [0.25, 0.3) is 0 Å². The van der Waals surface area contributed by atoms with Crippen molar-refractivity contribution >= 4 is 15.7 Å². The molecule has 0 aromatic heterocycles. The molecule has 110 valence electrons. The Morgan fingerprint density at radius 3 is 2.70 bits per heavy atom. The molecular weight excluding hydrogens is 289 g/mol. The van der Waals surface area contributed by atoms with E-state index in [2.05, 4.69) is 5.32 Å². The zero-order valence-electron chi connectivity index (χ0n) is 10.6. The van der Waals surface area contributed by atoms with Crippen LogP contribution >= 0.6 is 0 Å². The lowest BCUT2D eigenvalue weighted by molar-refractivity contribution is -0.387. The maximum Gasteiger partial charge on any atom is 0.304 e. The fourth-order valence-corrected chi connectivity index (χ4v) is 3.50. The lowest BCUT2D eigenvalue weighted by Crippen LogP contribution is -2.34. The van der Waals surface area contributed by atoms with Crippen molar-refractivity contribution in [3.63, 3.8) is 0 Å². The van der Waals surface area contributed by atoms with Crippen molar-refractivity contribution < 1.29 is 17.7 Å². The summed E-state index contributed by atoms with van der Waals surface area (Å²) in [6, 6.07) is 2.64. The molecule has 0 bridgehead atoms. The molecule has 1 saturated heterocycles. The summed E-state index contributed by atoms with van der Waals surface area (Å²) >= 11 is 0. The first-order valence-corrected chi connectivity index (χ1v) is 7.52. The molecule has 9 heteroatoms. The van der Waals surface area contributed by atoms with Crippen LogP contribution in [0.15, 0.2) is 23.1 Å². The number of nitro groups is 1. The Kier molecular flexibility index (Phi) is 4.31. The van der Waals surface area contributed by atoms with Gasteiger partial charge in [0.1, 0.15) is 0 Å². The summed E-state index contributed by atoms with van der Waals surface area (Å²) in [5.41, 5.74) is -0.735. The van der Waals surface area contributed by atoms with Crippen LogP contribution in [0.25, 0.3) is 0 Å².